The Morgan fingerprint density at radius 3 is 2.35 bits per heavy atom. The molecule has 0 saturated heterocycles. The minimum Gasteiger partial charge on any atom is -0.493 e. The lowest BCUT2D eigenvalue weighted by molar-refractivity contribution is -0.144. The highest BCUT2D eigenvalue weighted by molar-refractivity contribution is 5.84. The monoisotopic (exact) mass is 279 g/mol. The minimum absolute atomic E-state index is 0.189. The summed E-state index contributed by atoms with van der Waals surface area (Å²) in [5.74, 6) is 0.0390. The van der Waals surface area contributed by atoms with Crippen LogP contribution in [-0.2, 0) is 14.3 Å². The number of carbonyl (C=O) groups excluding carboxylic acids is 2. The van der Waals surface area contributed by atoms with Crippen molar-refractivity contribution in [2.24, 2.45) is 0 Å². The average molecular weight is 279 g/mol. The Hall–Kier alpha value is -2.04. The van der Waals surface area contributed by atoms with Crippen molar-refractivity contribution in [1.29, 1.82) is 0 Å². The lowest BCUT2D eigenvalue weighted by Gasteiger charge is -2.12. The van der Waals surface area contributed by atoms with Crippen LogP contribution in [0.4, 0.5) is 0 Å². The lowest BCUT2D eigenvalue weighted by atomic mass is 10.1. The van der Waals surface area contributed by atoms with E-state index in [4.69, 9.17) is 4.74 Å². The normalized spacial score (nSPS) is 11.6. The van der Waals surface area contributed by atoms with E-state index in [1.807, 2.05) is 26.0 Å². The van der Waals surface area contributed by atoms with E-state index in [1.165, 1.54) is 7.11 Å². The van der Waals surface area contributed by atoms with Crippen molar-refractivity contribution in [3.8, 4) is 5.75 Å². The van der Waals surface area contributed by atoms with Gasteiger partial charge in [0.05, 0.1) is 20.1 Å². The van der Waals surface area contributed by atoms with Crippen molar-refractivity contribution in [2.45, 2.75) is 33.2 Å². The van der Waals surface area contributed by atoms with Crippen LogP contribution in [0.15, 0.2) is 18.2 Å². The third kappa shape index (κ3) is 5.30. The van der Waals surface area contributed by atoms with Gasteiger partial charge in [0.15, 0.2) is 0 Å². The molecule has 0 spiro atoms. The van der Waals surface area contributed by atoms with E-state index in [1.54, 1.807) is 6.92 Å². The maximum atomic E-state index is 11.6. The van der Waals surface area contributed by atoms with Crippen molar-refractivity contribution >= 4 is 11.9 Å². The zero-order valence-corrected chi connectivity index (χ0v) is 12.4. The van der Waals surface area contributed by atoms with Crippen LogP contribution in [0.2, 0.25) is 0 Å². The molecule has 5 nitrogen and oxygen atoms in total. The van der Waals surface area contributed by atoms with E-state index in [-0.39, 0.29) is 18.9 Å². The van der Waals surface area contributed by atoms with Gasteiger partial charge in [0.1, 0.15) is 11.8 Å². The highest BCUT2D eigenvalue weighted by atomic mass is 16.5. The molecular formula is C15H21NO4. The number of rotatable bonds is 6. The minimum atomic E-state index is -0.645. The molecule has 1 rings (SSSR count). The summed E-state index contributed by atoms with van der Waals surface area (Å²) in [4.78, 5) is 22.7. The van der Waals surface area contributed by atoms with Gasteiger partial charge >= 0.3 is 5.97 Å². The number of aryl methyl sites for hydroxylation is 2. The van der Waals surface area contributed by atoms with Gasteiger partial charge in [-0.2, -0.15) is 0 Å². The zero-order chi connectivity index (χ0) is 15.1. The number of methoxy groups -OCH3 is 1. The molecule has 1 atom stereocenters. The van der Waals surface area contributed by atoms with Crippen LogP contribution in [0.25, 0.3) is 0 Å². The average Bonchev–Trinajstić information content (AvgIpc) is 2.36. The SMILES string of the molecule is COC(=O)[C@H](C)NC(=O)CCOc1cc(C)cc(C)c1. The number of hydrogen-bond acceptors (Lipinski definition) is 4. The number of hydrogen-bond donors (Lipinski definition) is 1. The van der Waals surface area contributed by atoms with Gasteiger partial charge in [-0.15, -0.1) is 0 Å². The van der Waals surface area contributed by atoms with Crippen LogP contribution >= 0.6 is 0 Å². The molecule has 0 bridgehead atoms. The largest absolute Gasteiger partial charge is 0.493 e. The third-order valence-corrected chi connectivity index (χ3v) is 2.73. The summed E-state index contributed by atoms with van der Waals surface area (Å²) >= 11 is 0. The topological polar surface area (TPSA) is 64.6 Å². The molecule has 0 aliphatic rings. The molecule has 0 radical (unpaired) electrons. The zero-order valence-electron chi connectivity index (χ0n) is 12.4. The van der Waals surface area contributed by atoms with Crippen molar-refractivity contribution in [2.75, 3.05) is 13.7 Å². The molecule has 0 fully saturated rings. The molecule has 0 aliphatic heterocycles. The number of amides is 1. The fourth-order valence-corrected chi connectivity index (χ4v) is 1.83. The number of esters is 1. The van der Waals surface area contributed by atoms with Gasteiger partial charge in [-0.1, -0.05) is 6.07 Å². The Morgan fingerprint density at radius 1 is 1.20 bits per heavy atom. The number of carbonyl (C=O) groups is 2. The summed E-state index contributed by atoms with van der Waals surface area (Å²) in [5, 5.41) is 2.55. The van der Waals surface area contributed by atoms with Crippen molar-refractivity contribution in [1.82, 2.24) is 5.32 Å². The van der Waals surface area contributed by atoms with Crippen LogP contribution in [0.5, 0.6) is 5.75 Å². The molecule has 5 heteroatoms. The van der Waals surface area contributed by atoms with Crippen LogP contribution in [0.3, 0.4) is 0 Å². The highest BCUT2D eigenvalue weighted by Gasteiger charge is 2.15. The molecule has 1 aromatic carbocycles. The van der Waals surface area contributed by atoms with Crippen LogP contribution in [-0.4, -0.2) is 31.6 Å². The Kier molecular flexibility index (Phi) is 6.03. The van der Waals surface area contributed by atoms with Crippen molar-refractivity contribution in [3.63, 3.8) is 0 Å². The van der Waals surface area contributed by atoms with E-state index >= 15 is 0 Å². The highest BCUT2D eigenvalue weighted by Crippen LogP contribution is 2.16. The summed E-state index contributed by atoms with van der Waals surface area (Å²) in [6.07, 6.45) is 0.189. The van der Waals surface area contributed by atoms with E-state index in [0.717, 1.165) is 16.9 Å². The fourth-order valence-electron chi connectivity index (χ4n) is 1.83. The van der Waals surface area contributed by atoms with Crippen molar-refractivity contribution in [3.05, 3.63) is 29.3 Å². The Morgan fingerprint density at radius 2 is 1.80 bits per heavy atom. The summed E-state index contributed by atoms with van der Waals surface area (Å²) in [6, 6.07) is 5.25. The first-order chi connectivity index (χ1) is 9.42. The van der Waals surface area contributed by atoms with Crippen LogP contribution in [0.1, 0.15) is 24.5 Å². The fraction of sp³-hybridized carbons (Fsp3) is 0.467. The molecule has 110 valence electrons. The first-order valence-electron chi connectivity index (χ1n) is 6.50. The van der Waals surface area contributed by atoms with E-state index in [9.17, 15) is 9.59 Å². The van der Waals surface area contributed by atoms with E-state index in [2.05, 4.69) is 16.1 Å². The third-order valence-electron chi connectivity index (χ3n) is 2.73. The second-order valence-corrected chi connectivity index (χ2v) is 4.73. The maximum Gasteiger partial charge on any atom is 0.328 e. The molecular weight excluding hydrogens is 258 g/mol. The van der Waals surface area contributed by atoms with Crippen LogP contribution in [0, 0.1) is 13.8 Å². The Balaban J connectivity index is 2.36. The second-order valence-electron chi connectivity index (χ2n) is 4.73. The predicted octanol–water partition coefficient (Wildman–Crippen LogP) is 1.75. The van der Waals surface area contributed by atoms with Crippen LogP contribution < -0.4 is 10.1 Å². The van der Waals surface area contributed by atoms with Gasteiger partial charge in [-0.3, -0.25) is 4.79 Å². The standard InChI is InChI=1S/C15H21NO4/c1-10-7-11(2)9-13(8-10)20-6-5-14(17)16-12(3)15(18)19-4/h7-9,12H,5-6H2,1-4H3,(H,16,17)/t12-/m0/s1. The molecule has 20 heavy (non-hydrogen) atoms. The first kappa shape index (κ1) is 16.0. The molecule has 0 aliphatic carbocycles. The van der Waals surface area contributed by atoms with Gasteiger partial charge < -0.3 is 14.8 Å². The predicted molar refractivity (Wildman–Crippen MR) is 75.6 cm³/mol. The molecule has 0 heterocycles. The summed E-state index contributed by atoms with van der Waals surface area (Å²) in [7, 11) is 1.29. The van der Waals surface area contributed by atoms with Gasteiger partial charge in [0.25, 0.3) is 0 Å². The molecule has 1 aromatic rings. The summed E-state index contributed by atoms with van der Waals surface area (Å²) < 4.78 is 10.1. The van der Waals surface area contributed by atoms with Gasteiger partial charge in [0, 0.05) is 0 Å². The van der Waals surface area contributed by atoms with Gasteiger partial charge in [0.2, 0.25) is 5.91 Å². The summed E-state index contributed by atoms with van der Waals surface area (Å²) in [6.45, 7) is 5.83. The second kappa shape index (κ2) is 7.53. The van der Waals surface area contributed by atoms with Gasteiger partial charge in [-0.25, -0.2) is 4.79 Å². The van der Waals surface area contributed by atoms with E-state index in [0.29, 0.717) is 0 Å². The summed E-state index contributed by atoms with van der Waals surface area (Å²) in [5.41, 5.74) is 2.23. The molecule has 1 N–H and O–H groups in total. The quantitative estimate of drug-likeness (QED) is 0.806. The van der Waals surface area contributed by atoms with E-state index < -0.39 is 12.0 Å². The Labute approximate surface area is 119 Å². The number of ether oxygens (including phenoxy) is 2. The van der Waals surface area contributed by atoms with Gasteiger partial charge in [-0.05, 0) is 44.0 Å². The number of nitrogens with one attached hydrogen (secondary N) is 1. The molecule has 0 saturated carbocycles. The number of benzene rings is 1. The first-order valence-corrected chi connectivity index (χ1v) is 6.50. The Bertz CT molecular complexity index is 465. The molecule has 0 aromatic heterocycles. The lowest BCUT2D eigenvalue weighted by Crippen LogP contribution is -2.39. The molecule has 1 amide bonds. The molecule has 0 unspecified atom stereocenters. The maximum absolute atomic E-state index is 11.6. The van der Waals surface area contributed by atoms with Crippen molar-refractivity contribution < 1.29 is 19.1 Å². The smallest absolute Gasteiger partial charge is 0.328 e.